The number of hydrogen-bond acceptors (Lipinski definition) is 5. The third-order valence-corrected chi connectivity index (χ3v) is 2.39. The van der Waals surface area contributed by atoms with Crippen molar-refractivity contribution in [1.29, 1.82) is 0 Å². The Bertz CT molecular complexity index is 479. The van der Waals surface area contributed by atoms with Crippen LogP contribution in [-0.4, -0.2) is 28.0 Å². The van der Waals surface area contributed by atoms with Crippen LogP contribution in [0.4, 0.5) is 17.5 Å². The average molecular weight is 246 g/mol. The lowest BCUT2D eigenvalue weighted by Gasteiger charge is -2.08. The number of anilines is 3. The predicted octanol–water partition coefficient (Wildman–Crippen LogP) is 1.62. The fourth-order valence-electron chi connectivity index (χ4n) is 1.59. The molecule has 0 spiro atoms. The summed E-state index contributed by atoms with van der Waals surface area (Å²) in [4.78, 5) is 11.7. The van der Waals surface area contributed by atoms with Crippen molar-refractivity contribution in [2.24, 2.45) is 5.73 Å². The summed E-state index contributed by atoms with van der Waals surface area (Å²) in [6, 6.07) is 5.75. The zero-order valence-corrected chi connectivity index (χ0v) is 10.4. The number of aromatic nitrogens is 3. The number of aromatic amines is 1. The van der Waals surface area contributed by atoms with E-state index in [9.17, 15) is 0 Å². The Morgan fingerprint density at radius 1 is 1.33 bits per heavy atom. The highest BCUT2D eigenvalue weighted by molar-refractivity contribution is 5.56. The third-order valence-electron chi connectivity index (χ3n) is 2.39. The fourth-order valence-corrected chi connectivity index (χ4v) is 1.59. The molecule has 0 unspecified atom stereocenters. The van der Waals surface area contributed by atoms with Gasteiger partial charge in [0.2, 0.25) is 0 Å². The number of nitrogens with two attached hydrogens (primary N) is 1. The normalized spacial score (nSPS) is 10.3. The van der Waals surface area contributed by atoms with E-state index >= 15 is 0 Å². The summed E-state index contributed by atoms with van der Waals surface area (Å²) in [5.41, 5.74) is 5.45. The molecule has 6 heteroatoms. The summed E-state index contributed by atoms with van der Waals surface area (Å²) in [6.45, 7) is 3.35. The Morgan fingerprint density at radius 2 is 2.17 bits per heavy atom. The van der Waals surface area contributed by atoms with Crippen LogP contribution in [0.25, 0.3) is 0 Å². The lowest BCUT2D eigenvalue weighted by atomic mass is 10.4. The molecule has 0 aliphatic heterocycles. The second kappa shape index (κ2) is 6.02. The maximum absolute atomic E-state index is 5.45. The molecule has 96 valence electrons. The van der Waals surface area contributed by atoms with E-state index in [2.05, 4.69) is 25.6 Å². The Kier molecular flexibility index (Phi) is 4.14. The van der Waals surface area contributed by atoms with Crippen molar-refractivity contribution in [3.63, 3.8) is 0 Å². The zero-order valence-electron chi connectivity index (χ0n) is 10.4. The monoisotopic (exact) mass is 246 g/mol. The molecular weight excluding hydrogens is 228 g/mol. The van der Waals surface area contributed by atoms with E-state index in [0.717, 1.165) is 36.2 Å². The van der Waals surface area contributed by atoms with Gasteiger partial charge < -0.3 is 21.4 Å². The van der Waals surface area contributed by atoms with Crippen LogP contribution in [0, 0.1) is 6.92 Å². The Balaban J connectivity index is 2.06. The zero-order chi connectivity index (χ0) is 12.8. The summed E-state index contributed by atoms with van der Waals surface area (Å²) in [5.74, 6) is 3.20. The number of aryl methyl sites for hydroxylation is 1. The van der Waals surface area contributed by atoms with Crippen molar-refractivity contribution in [2.75, 3.05) is 23.7 Å². The highest BCUT2D eigenvalue weighted by atomic mass is 15.1. The molecule has 0 bridgehead atoms. The van der Waals surface area contributed by atoms with Gasteiger partial charge in [0.15, 0.2) is 0 Å². The van der Waals surface area contributed by atoms with Crippen LogP contribution in [0.2, 0.25) is 0 Å². The molecule has 0 aliphatic rings. The van der Waals surface area contributed by atoms with E-state index in [1.54, 1.807) is 0 Å². The molecule has 18 heavy (non-hydrogen) atoms. The van der Waals surface area contributed by atoms with Crippen LogP contribution in [-0.2, 0) is 0 Å². The molecule has 0 amide bonds. The van der Waals surface area contributed by atoms with Crippen molar-refractivity contribution in [1.82, 2.24) is 15.0 Å². The largest absolute Gasteiger partial charge is 0.370 e. The van der Waals surface area contributed by atoms with Gasteiger partial charge in [-0.2, -0.15) is 0 Å². The molecule has 6 nitrogen and oxygen atoms in total. The molecule has 0 saturated heterocycles. The molecule has 2 aromatic heterocycles. The van der Waals surface area contributed by atoms with E-state index in [1.165, 1.54) is 0 Å². The Morgan fingerprint density at radius 3 is 2.89 bits per heavy atom. The van der Waals surface area contributed by atoms with Gasteiger partial charge in [-0.25, -0.2) is 9.97 Å². The van der Waals surface area contributed by atoms with Gasteiger partial charge >= 0.3 is 0 Å². The predicted molar refractivity (Wildman–Crippen MR) is 73.0 cm³/mol. The van der Waals surface area contributed by atoms with Crippen molar-refractivity contribution in [3.05, 3.63) is 30.2 Å². The molecule has 5 N–H and O–H groups in total. The number of H-pyrrole nitrogens is 1. The first-order chi connectivity index (χ1) is 8.78. The van der Waals surface area contributed by atoms with Crippen LogP contribution in [0.5, 0.6) is 0 Å². The summed E-state index contributed by atoms with van der Waals surface area (Å²) in [7, 11) is 0. The van der Waals surface area contributed by atoms with Crippen molar-refractivity contribution in [3.8, 4) is 0 Å². The molecule has 2 rings (SSSR count). The van der Waals surface area contributed by atoms with E-state index < -0.39 is 0 Å². The molecule has 2 aromatic rings. The highest BCUT2D eigenvalue weighted by Gasteiger charge is 2.02. The average Bonchev–Trinajstić information content (AvgIpc) is 2.81. The van der Waals surface area contributed by atoms with Gasteiger partial charge in [-0.15, -0.1) is 0 Å². The van der Waals surface area contributed by atoms with E-state index in [0.29, 0.717) is 6.54 Å². The summed E-state index contributed by atoms with van der Waals surface area (Å²) >= 11 is 0. The first kappa shape index (κ1) is 12.4. The van der Waals surface area contributed by atoms with Crippen molar-refractivity contribution in [2.45, 2.75) is 13.3 Å². The van der Waals surface area contributed by atoms with Gasteiger partial charge in [0.1, 0.15) is 23.3 Å². The number of hydrogen-bond donors (Lipinski definition) is 4. The van der Waals surface area contributed by atoms with Crippen molar-refractivity contribution >= 4 is 17.5 Å². The molecule has 0 fully saturated rings. The second-order valence-electron chi connectivity index (χ2n) is 3.96. The van der Waals surface area contributed by atoms with Gasteiger partial charge in [-0.3, -0.25) is 0 Å². The first-order valence-electron chi connectivity index (χ1n) is 5.98. The molecule has 0 radical (unpaired) electrons. The third kappa shape index (κ3) is 3.46. The molecule has 0 aliphatic carbocycles. The molecular formula is C12H18N6. The smallest absolute Gasteiger partial charge is 0.137 e. The summed E-state index contributed by atoms with van der Waals surface area (Å²) in [6.07, 6.45) is 2.78. The minimum atomic E-state index is 0.671. The lowest BCUT2D eigenvalue weighted by molar-refractivity contribution is 0.867. The Hall–Kier alpha value is -2.08. The maximum Gasteiger partial charge on any atom is 0.137 e. The molecule has 2 heterocycles. The highest BCUT2D eigenvalue weighted by Crippen LogP contribution is 2.15. The van der Waals surface area contributed by atoms with Crippen molar-refractivity contribution < 1.29 is 0 Å². The van der Waals surface area contributed by atoms with Crippen LogP contribution in [0.3, 0.4) is 0 Å². The molecule has 0 aromatic carbocycles. The molecule has 0 atom stereocenters. The van der Waals surface area contributed by atoms with Crippen LogP contribution in [0.15, 0.2) is 24.4 Å². The summed E-state index contributed by atoms with van der Waals surface area (Å²) < 4.78 is 0. The maximum atomic E-state index is 5.45. The first-order valence-corrected chi connectivity index (χ1v) is 5.98. The Labute approximate surface area is 106 Å². The van der Waals surface area contributed by atoms with Crippen LogP contribution in [0.1, 0.15) is 12.2 Å². The quantitative estimate of drug-likeness (QED) is 0.581. The second-order valence-corrected chi connectivity index (χ2v) is 3.96. The number of nitrogens with zero attached hydrogens (tertiary/aromatic N) is 2. The lowest BCUT2D eigenvalue weighted by Crippen LogP contribution is -2.10. The van der Waals surface area contributed by atoms with Crippen LogP contribution >= 0.6 is 0 Å². The standard InChI is InChI=1S/C12H18N6/c1-9-16-11(15-7-3-5-13)8-12(17-9)18-10-4-2-6-14-10/h2,4,6,8,14H,3,5,7,13H2,1H3,(H2,15,16,17,18). The van der Waals surface area contributed by atoms with E-state index in [4.69, 9.17) is 5.73 Å². The fraction of sp³-hybridized carbons (Fsp3) is 0.333. The molecule has 0 saturated carbocycles. The topological polar surface area (TPSA) is 91.6 Å². The number of nitrogens with one attached hydrogen (secondary N) is 3. The van der Waals surface area contributed by atoms with Gasteiger partial charge in [0.25, 0.3) is 0 Å². The number of rotatable bonds is 6. The van der Waals surface area contributed by atoms with Gasteiger partial charge in [0, 0.05) is 18.8 Å². The SMILES string of the molecule is Cc1nc(NCCCN)cc(Nc2ccc[nH]2)n1. The minimum absolute atomic E-state index is 0.671. The van der Waals surface area contributed by atoms with Crippen LogP contribution < -0.4 is 16.4 Å². The van der Waals surface area contributed by atoms with Gasteiger partial charge in [0.05, 0.1) is 0 Å². The van der Waals surface area contributed by atoms with Gasteiger partial charge in [-0.1, -0.05) is 0 Å². The van der Waals surface area contributed by atoms with E-state index in [1.807, 2.05) is 31.3 Å². The minimum Gasteiger partial charge on any atom is -0.370 e. The van der Waals surface area contributed by atoms with E-state index in [-0.39, 0.29) is 0 Å². The van der Waals surface area contributed by atoms with Gasteiger partial charge in [-0.05, 0) is 32.0 Å². The summed E-state index contributed by atoms with van der Waals surface area (Å²) in [5, 5.41) is 6.41.